The van der Waals surface area contributed by atoms with Gasteiger partial charge in [0.25, 0.3) is 0 Å². The number of hydrogen-bond donors (Lipinski definition) is 2. The predicted molar refractivity (Wildman–Crippen MR) is 67.6 cm³/mol. The maximum Gasteiger partial charge on any atom is 2.00 e. The molecule has 0 fully saturated rings. The van der Waals surface area contributed by atoms with Gasteiger partial charge in [0.15, 0.2) is 5.40 Å². The van der Waals surface area contributed by atoms with Gasteiger partial charge in [-0.2, -0.15) is 0 Å². The first-order valence-corrected chi connectivity index (χ1v) is 8.05. The van der Waals surface area contributed by atoms with E-state index in [0.717, 1.165) is 0 Å². The molecule has 0 rings (SSSR count). The van der Waals surface area contributed by atoms with Crippen LogP contribution < -0.4 is 0 Å². The van der Waals surface area contributed by atoms with Crippen molar-refractivity contribution in [1.29, 1.82) is 0 Å². The van der Waals surface area contributed by atoms with Crippen molar-refractivity contribution in [2.24, 2.45) is 0 Å². The second-order valence-electron chi connectivity index (χ2n) is 2.85. The molecule has 0 amide bonds. The van der Waals surface area contributed by atoms with Crippen LogP contribution in [0.25, 0.3) is 12.3 Å². The predicted octanol–water partition coefficient (Wildman–Crippen LogP) is 3.60. The van der Waals surface area contributed by atoms with Gasteiger partial charge in [0.05, 0.1) is 13.2 Å². The summed E-state index contributed by atoms with van der Waals surface area (Å²) in [4.78, 5) is 18.9. The van der Waals surface area contributed by atoms with Gasteiger partial charge in [0.2, 0.25) is 0 Å². The van der Waals surface area contributed by atoms with Crippen molar-refractivity contribution >= 4 is 15.2 Å². The topological polar surface area (TPSA) is 160 Å². The van der Waals surface area contributed by atoms with Gasteiger partial charge in [-0.25, -0.2) is 0 Å². The van der Waals surface area contributed by atoms with Crippen LogP contribution in [-0.2, 0) is 39.2 Å². The Morgan fingerprint density at radius 2 is 1.22 bits per heavy atom. The third-order valence-corrected chi connectivity index (χ3v) is 6.99. The molecule has 116 valence electrons. The average Bonchev–Trinajstić information content (AvgIpc) is 2.02. The van der Waals surface area contributed by atoms with Crippen LogP contribution in [0, 0.1) is 0 Å². The molecule has 6 N–H and O–H groups in total. The maximum absolute atomic E-state index is 11.6. The standard InChI is InChI=1S/C7H18O6P2.2H2N.Pt/c1-4-7(14(8,9)12-5-2)15(10,11)13-6-3;;;/h7H,4-6H2,1-3H3,(H,8,9)(H,10,11);2*1H2;/q;2*-1;+2. The first-order chi connectivity index (χ1) is 6.81. The largest absolute Gasteiger partial charge is 2.00 e. The van der Waals surface area contributed by atoms with Crippen LogP contribution in [0.4, 0.5) is 0 Å². The molecule has 0 spiro atoms. The van der Waals surface area contributed by atoms with E-state index >= 15 is 0 Å². The molecule has 0 aliphatic rings. The van der Waals surface area contributed by atoms with E-state index in [9.17, 15) is 18.9 Å². The van der Waals surface area contributed by atoms with Crippen LogP contribution in [0.2, 0.25) is 0 Å². The van der Waals surface area contributed by atoms with Crippen molar-refractivity contribution in [2.75, 3.05) is 13.2 Å². The third kappa shape index (κ3) is 8.15. The van der Waals surface area contributed by atoms with E-state index in [2.05, 4.69) is 9.05 Å². The molecule has 0 saturated heterocycles. The molecule has 0 aromatic carbocycles. The minimum Gasteiger partial charge on any atom is -0.693 e. The molecule has 0 aromatic rings. The van der Waals surface area contributed by atoms with Crippen LogP contribution in [0.5, 0.6) is 0 Å². The Morgan fingerprint density at radius 3 is 1.39 bits per heavy atom. The van der Waals surface area contributed by atoms with E-state index < -0.39 is 20.6 Å². The minimum absolute atomic E-state index is 0. The van der Waals surface area contributed by atoms with Gasteiger partial charge in [0.1, 0.15) is 0 Å². The van der Waals surface area contributed by atoms with Crippen molar-refractivity contribution in [3.63, 3.8) is 0 Å². The summed E-state index contributed by atoms with van der Waals surface area (Å²) in [6, 6.07) is 0. The monoisotopic (exact) mass is 487 g/mol. The summed E-state index contributed by atoms with van der Waals surface area (Å²) in [5.74, 6) is 0. The van der Waals surface area contributed by atoms with Gasteiger partial charge in [0, 0.05) is 0 Å². The third-order valence-electron chi connectivity index (χ3n) is 1.75. The van der Waals surface area contributed by atoms with E-state index in [-0.39, 0.29) is 53.0 Å². The van der Waals surface area contributed by atoms with Gasteiger partial charge < -0.3 is 31.1 Å². The summed E-state index contributed by atoms with van der Waals surface area (Å²) in [5.41, 5.74) is 0. The Hall–Kier alpha value is 0.908. The summed E-state index contributed by atoms with van der Waals surface area (Å²) < 4.78 is 32.4. The Kier molecular flexibility index (Phi) is 17.8. The summed E-state index contributed by atoms with van der Waals surface area (Å²) in [5, 5.41) is -1.37. The van der Waals surface area contributed by atoms with Gasteiger partial charge >= 0.3 is 36.3 Å². The van der Waals surface area contributed by atoms with Crippen molar-refractivity contribution in [1.82, 2.24) is 0 Å². The number of nitrogens with two attached hydrogens (primary N) is 2. The summed E-state index contributed by atoms with van der Waals surface area (Å²) in [6.07, 6.45) is 0.0432. The Balaban J connectivity index is -0.000000327. The molecule has 0 aliphatic heterocycles. The van der Waals surface area contributed by atoms with Crippen molar-refractivity contribution in [3.05, 3.63) is 12.3 Å². The van der Waals surface area contributed by atoms with E-state index in [0.29, 0.717) is 0 Å². The van der Waals surface area contributed by atoms with E-state index in [1.165, 1.54) is 6.92 Å². The average molecular weight is 487 g/mol. The van der Waals surface area contributed by atoms with Crippen LogP contribution in [0.3, 0.4) is 0 Å². The van der Waals surface area contributed by atoms with Gasteiger partial charge in [-0.15, -0.1) is 0 Å². The smallest absolute Gasteiger partial charge is 0.693 e. The van der Waals surface area contributed by atoms with Crippen LogP contribution in [0.1, 0.15) is 27.2 Å². The summed E-state index contributed by atoms with van der Waals surface area (Å²) >= 11 is 0. The molecular formula is C7H22N2O6P2Pt. The first-order valence-electron chi connectivity index (χ1n) is 4.75. The first kappa shape index (κ1) is 27.3. The fourth-order valence-corrected chi connectivity index (χ4v) is 5.07. The normalized spacial score (nSPS) is 18.1. The summed E-state index contributed by atoms with van der Waals surface area (Å²) in [7, 11) is -8.18. The van der Waals surface area contributed by atoms with Crippen molar-refractivity contribution in [2.45, 2.75) is 32.6 Å². The van der Waals surface area contributed by atoms with Gasteiger partial charge in [-0.05, 0) is 20.3 Å². The second kappa shape index (κ2) is 11.7. The van der Waals surface area contributed by atoms with Crippen molar-refractivity contribution in [3.8, 4) is 0 Å². The van der Waals surface area contributed by atoms with Crippen LogP contribution >= 0.6 is 15.2 Å². The molecule has 2 atom stereocenters. The van der Waals surface area contributed by atoms with E-state index in [1.807, 2.05) is 0 Å². The van der Waals surface area contributed by atoms with Crippen LogP contribution in [0.15, 0.2) is 0 Å². The molecule has 2 unspecified atom stereocenters. The fraction of sp³-hybridized carbons (Fsp3) is 1.00. The molecule has 18 heavy (non-hydrogen) atoms. The quantitative estimate of drug-likeness (QED) is 0.522. The molecule has 8 nitrogen and oxygen atoms in total. The van der Waals surface area contributed by atoms with Crippen molar-refractivity contribution < 1.29 is 49.0 Å². The number of hydrogen-bond acceptors (Lipinski definition) is 4. The summed E-state index contributed by atoms with van der Waals surface area (Å²) in [6.45, 7) is 4.64. The molecule has 0 heterocycles. The molecule has 0 radical (unpaired) electrons. The number of rotatable bonds is 7. The molecule has 11 heteroatoms. The Bertz CT molecular complexity index is 267. The molecule has 0 bridgehead atoms. The van der Waals surface area contributed by atoms with E-state index in [1.54, 1.807) is 13.8 Å². The fourth-order valence-electron chi connectivity index (χ4n) is 1.19. The Morgan fingerprint density at radius 1 is 0.944 bits per heavy atom. The zero-order valence-electron chi connectivity index (χ0n) is 10.6. The maximum atomic E-state index is 11.6. The SMILES string of the molecule is CCOP(=O)(O)C(CC)P(=O)(O)OCC.[NH2-].[NH2-].[Pt+2]. The Labute approximate surface area is 122 Å². The zero-order chi connectivity index (χ0) is 12.1. The molecule has 0 saturated carbocycles. The van der Waals surface area contributed by atoms with E-state index in [4.69, 9.17) is 0 Å². The zero-order valence-corrected chi connectivity index (χ0v) is 14.7. The van der Waals surface area contributed by atoms with Gasteiger partial charge in [-0.1, -0.05) is 6.92 Å². The van der Waals surface area contributed by atoms with Crippen LogP contribution in [-0.4, -0.2) is 28.4 Å². The molecule has 0 aromatic heterocycles. The van der Waals surface area contributed by atoms with Gasteiger partial charge in [-0.3, -0.25) is 9.13 Å². The minimum atomic E-state index is -4.09. The molecular weight excluding hydrogens is 465 g/mol. The second-order valence-corrected chi connectivity index (χ2v) is 7.28. The molecule has 0 aliphatic carbocycles.